The quantitative estimate of drug-likeness (QED) is 0.490. The first-order chi connectivity index (χ1) is 12.5. The van der Waals surface area contributed by atoms with Gasteiger partial charge in [-0.15, -0.1) is 0 Å². The van der Waals surface area contributed by atoms with E-state index in [2.05, 4.69) is 4.99 Å². The summed E-state index contributed by atoms with van der Waals surface area (Å²) in [5, 5.41) is 11.4. The summed E-state index contributed by atoms with van der Waals surface area (Å²) in [7, 11) is 1.56. The fourth-order valence-corrected chi connectivity index (χ4v) is 3.69. The highest BCUT2D eigenvalue weighted by Crippen LogP contribution is 2.23. The van der Waals surface area contributed by atoms with Crippen LogP contribution in [0, 0.1) is 10.1 Å². The monoisotopic (exact) mass is 391 g/mol. The lowest BCUT2D eigenvalue weighted by atomic mass is 10.2. The minimum Gasteiger partial charge on any atom is -0.383 e. The predicted molar refractivity (Wildman–Crippen MR) is 99.7 cm³/mol. The van der Waals surface area contributed by atoms with Crippen LogP contribution in [0.2, 0.25) is 5.02 Å². The van der Waals surface area contributed by atoms with Gasteiger partial charge < -0.3 is 9.30 Å². The molecule has 0 N–H and O–H groups in total. The minimum atomic E-state index is -0.470. The normalized spacial score (nSPS) is 11.8. The Hall–Kier alpha value is -2.55. The van der Waals surface area contributed by atoms with Crippen molar-refractivity contribution in [3.05, 3.63) is 68.0 Å². The Labute approximate surface area is 157 Å². The largest absolute Gasteiger partial charge is 0.383 e. The van der Waals surface area contributed by atoms with E-state index in [0.717, 1.165) is 4.70 Å². The Balaban J connectivity index is 2.16. The van der Waals surface area contributed by atoms with Gasteiger partial charge in [-0.2, -0.15) is 4.99 Å². The molecule has 1 aromatic heterocycles. The number of aromatic nitrogens is 1. The number of ether oxygens (including phenoxy) is 1. The van der Waals surface area contributed by atoms with Crippen molar-refractivity contribution in [3.8, 4) is 0 Å². The van der Waals surface area contributed by atoms with E-state index in [1.807, 2.05) is 0 Å². The van der Waals surface area contributed by atoms with Crippen LogP contribution in [-0.2, 0) is 11.3 Å². The van der Waals surface area contributed by atoms with Crippen LogP contribution in [0.4, 0.5) is 5.69 Å². The van der Waals surface area contributed by atoms with E-state index in [1.54, 1.807) is 42.0 Å². The molecule has 0 atom stereocenters. The lowest BCUT2D eigenvalue weighted by Gasteiger charge is -2.04. The number of amides is 1. The molecule has 0 saturated heterocycles. The number of fused-ring (bicyclic) bond motifs is 1. The smallest absolute Gasteiger partial charge is 0.281 e. The van der Waals surface area contributed by atoms with Gasteiger partial charge in [0.1, 0.15) is 0 Å². The summed E-state index contributed by atoms with van der Waals surface area (Å²) in [5.74, 6) is -0.470. The van der Waals surface area contributed by atoms with Gasteiger partial charge in [0, 0.05) is 25.8 Å². The van der Waals surface area contributed by atoms with Crippen LogP contribution in [0.5, 0.6) is 0 Å². The lowest BCUT2D eigenvalue weighted by molar-refractivity contribution is -0.384. The molecule has 0 spiro atoms. The molecule has 1 amide bonds. The van der Waals surface area contributed by atoms with E-state index in [9.17, 15) is 14.9 Å². The maximum Gasteiger partial charge on any atom is 0.281 e. The van der Waals surface area contributed by atoms with Gasteiger partial charge in [0.05, 0.1) is 32.3 Å². The Morgan fingerprint density at radius 2 is 2.12 bits per heavy atom. The number of hydrogen-bond donors (Lipinski definition) is 0. The molecule has 0 saturated carbocycles. The van der Waals surface area contributed by atoms with E-state index in [4.69, 9.17) is 16.3 Å². The summed E-state index contributed by atoms with van der Waals surface area (Å²) in [5.41, 5.74) is 0.910. The highest BCUT2D eigenvalue weighted by atomic mass is 35.5. The minimum absolute atomic E-state index is 0.0227. The molecule has 3 aromatic rings. The summed E-state index contributed by atoms with van der Waals surface area (Å²) in [6.07, 6.45) is 0. The number of rotatable bonds is 5. The average Bonchev–Trinajstić information content (AvgIpc) is 2.96. The number of methoxy groups -OCH3 is 1. The first-order valence-electron chi connectivity index (χ1n) is 7.61. The predicted octanol–water partition coefficient (Wildman–Crippen LogP) is 3.65. The maximum absolute atomic E-state index is 12.5. The van der Waals surface area contributed by atoms with Gasteiger partial charge in [-0.3, -0.25) is 14.9 Å². The number of carbonyl (C=O) groups excluding carboxylic acids is 1. The Morgan fingerprint density at radius 3 is 2.81 bits per heavy atom. The van der Waals surface area contributed by atoms with Crippen molar-refractivity contribution in [2.45, 2.75) is 6.54 Å². The third kappa shape index (κ3) is 3.67. The van der Waals surface area contributed by atoms with Crippen molar-refractivity contribution in [2.75, 3.05) is 13.7 Å². The number of thiazole rings is 1. The molecule has 0 aliphatic carbocycles. The molecule has 0 aliphatic heterocycles. The first-order valence-corrected chi connectivity index (χ1v) is 8.81. The standard InChI is InChI=1S/C17H14ClN3O4S/c1-25-9-8-20-14-10-11(21(23)24)6-7-15(14)26-17(20)19-16(22)12-4-2-3-5-13(12)18/h2-7,10H,8-9H2,1H3. The van der Waals surface area contributed by atoms with Gasteiger partial charge in [-0.1, -0.05) is 35.1 Å². The highest BCUT2D eigenvalue weighted by molar-refractivity contribution is 7.16. The number of benzene rings is 2. The maximum atomic E-state index is 12.5. The van der Waals surface area contributed by atoms with Crippen LogP contribution in [-0.4, -0.2) is 29.1 Å². The highest BCUT2D eigenvalue weighted by Gasteiger charge is 2.14. The lowest BCUT2D eigenvalue weighted by Crippen LogP contribution is -2.19. The first kappa shape index (κ1) is 18.2. The Morgan fingerprint density at radius 1 is 1.35 bits per heavy atom. The summed E-state index contributed by atoms with van der Waals surface area (Å²) < 4.78 is 7.64. The second kappa shape index (κ2) is 7.77. The van der Waals surface area contributed by atoms with Crippen LogP contribution in [0.3, 0.4) is 0 Å². The van der Waals surface area contributed by atoms with E-state index in [0.29, 0.717) is 34.1 Å². The third-order valence-corrected chi connectivity index (χ3v) is 5.09. The van der Waals surface area contributed by atoms with Crippen LogP contribution < -0.4 is 4.80 Å². The zero-order valence-electron chi connectivity index (χ0n) is 13.7. The molecular weight excluding hydrogens is 378 g/mol. The molecule has 0 aliphatic rings. The topological polar surface area (TPSA) is 86.7 Å². The molecular formula is C17H14ClN3O4S. The zero-order valence-corrected chi connectivity index (χ0v) is 15.3. The summed E-state index contributed by atoms with van der Waals surface area (Å²) in [6.45, 7) is 0.786. The fraction of sp³-hybridized carbons (Fsp3) is 0.176. The molecule has 0 fully saturated rings. The zero-order chi connectivity index (χ0) is 18.7. The second-order valence-corrected chi connectivity index (χ2v) is 6.75. The molecule has 0 unspecified atom stereocenters. The summed E-state index contributed by atoms with van der Waals surface area (Å²) in [6, 6.07) is 11.2. The second-order valence-electron chi connectivity index (χ2n) is 5.34. The van der Waals surface area contributed by atoms with Gasteiger partial charge in [-0.05, 0) is 18.2 Å². The van der Waals surface area contributed by atoms with Gasteiger partial charge >= 0.3 is 0 Å². The van der Waals surface area contributed by atoms with Crippen molar-refractivity contribution in [3.63, 3.8) is 0 Å². The molecule has 2 aromatic carbocycles. The van der Waals surface area contributed by atoms with E-state index in [1.165, 1.54) is 23.5 Å². The number of nitro benzene ring substituents is 1. The number of non-ortho nitro benzene ring substituents is 1. The number of hydrogen-bond acceptors (Lipinski definition) is 5. The number of halogens is 1. The van der Waals surface area contributed by atoms with Crippen LogP contribution in [0.15, 0.2) is 47.5 Å². The fourth-order valence-electron chi connectivity index (χ4n) is 2.44. The van der Waals surface area contributed by atoms with Crippen molar-refractivity contribution >= 4 is 44.7 Å². The van der Waals surface area contributed by atoms with Crippen molar-refractivity contribution in [1.29, 1.82) is 0 Å². The average molecular weight is 392 g/mol. The summed E-state index contributed by atoms with van der Waals surface area (Å²) in [4.78, 5) is 27.7. The number of nitro groups is 1. The molecule has 7 nitrogen and oxygen atoms in total. The molecule has 26 heavy (non-hydrogen) atoms. The molecule has 0 bridgehead atoms. The molecule has 0 radical (unpaired) electrons. The molecule has 3 rings (SSSR count). The molecule has 134 valence electrons. The van der Waals surface area contributed by atoms with Gasteiger partial charge in [0.15, 0.2) is 4.80 Å². The number of carbonyl (C=O) groups is 1. The van der Waals surface area contributed by atoms with Gasteiger partial charge in [-0.25, -0.2) is 0 Å². The SMILES string of the molecule is COCCn1c(=NC(=O)c2ccccc2Cl)sc2ccc([N+](=O)[O-])cc21. The van der Waals surface area contributed by atoms with Crippen molar-refractivity contribution in [1.82, 2.24) is 4.57 Å². The Kier molecular flexibility index (Phi) is 5.46. The van der Waals surface area contributed by atoms with E-state index < -0.39 is 10.8 Å². The van der Waals surface area contributed by atoms with Crippen LogP contribution in [0.1, 0.15) is 10.4 Å². The summed E-state index contributed by atoms with van der Waals surface area (Å²) >= 11 is 7.34. The van der Waals surface area contributed by atoms with Crippen molar-refractivity contribution < 1.29 is 14.5 Å². The van der Waals surface area contributed by atoms with Crippen LogP contribution >= 0.6 is 22.9 Å². The molecule has 1 heterocycles. The van der Waals surface area contributed by atoms with E-state index in [-0.39, 0.29) is 5.69 Å². The Bertz CT molecular complexity index is 1060. The van der Waals surface area contributed by atoms with E-state index >= 15 is 0 Å². The van der Waals surface area contributed by atoms with Gasteiger partial charge in [0.25, 0.3) is 11.6 Å². The van der Waals surface area contributed by atoms with Crippen molar-refractivity contribution in [2.24, 2.45) is 4.99 Å². The third-order valence-electron chi connectivity index (χ3n) is 3.70. The number of nitrogens with zero attached hydrogens (tertiary/aromatic N) is 3. The van der Waals surface area contributed by atoms with Gasteiger partial charge in [0.2, 0.25) is 0 Å². The molecule has 9 heteroatoms. The van der Waals surface area contributed by atoms with Crippen LogP contribution in [0.25, 0.3) is 10.2 Å².